The maximum absolute atomic E-state index is 12.7. The number of amides is 1. The van der Waals surface area contributed by atoms with Crippen molar-refractivity contribution < 1.29 is 22.7 Å². The molecule has 25 heavy (non-hydrogen) atoms. The molecule has 2 saturated carbocycles. The first-order chi connectivity index (χ1) is 11.8. The van der Waals surface area contributed by atoms with Crippen molar-refractivity contribution in [2.45, 2.75) is 37.6 Å². The Balaban J connectivity index is 1.44. The van der Waals surface area contributed by atoms with Gasteiger partial charge >= 0.3 is 6.36 Å². The molecule has 1 aliphatic heterocycles. The normalized spacial score (nSPS) is 34.1. The van der Waals surface area contributed by atoms with Crippen molar-refractivity contribution in [3.8, 4) is 5.75 Å². The van der Waals surface area contributed by atoms with Crippen LogP contribution in [-0.4, -0.2) is 36.3 Å². The van der Waals surface area contributed by atoms with E-state index in [-0.39, 0.29) is 29.5 Å². The lowest BCUT2D eigenvalue weighted by atomic mass is 9.98. The standard InChI is InChI=1S/C18H21F3N2O2/c19-18(20,21)25-16-4-2-1-3-11(16)12-7-13(12)17(24)23-8-10-5-6-15(22)14(10)9-23/h1-4,10,12-15H,5-9,22H2. The summed E-state index contributed by atoms with van der Waals surface area (Å²) in [4.78, 5) is 14.6. The molecule has 2 aliphatic carbocycles. The quantitative estimate of drug-likeness (QED) is 0.908. The first kappa shape index (κ1) is 16.7. The van der Waals surface area contributed by atoms with E-state index in [1.807, 2.05) is 4.90 Å². The fraction of sp³-hybridized carbons (Fsp3) is 0.611. The van der Waals surface area contributed by atoms with Gasteiger partial charge in [-0.2, -0.15) is 0 Å². The molecule has 1 saturated heterocycles. The largest absolute Gasteiger partial charge is 0.573 e. The molecule has 1 heterocycles. The number of carbonyl (C=O) groups excluding carboxylic acids is 1. The Bertz CT molecular complexity index is 679. The topological polar surface area (TPSA) is 55.6 Å². The lowest BCUT2D eigenvalue weighted by Gasteiger charge is -2.19. The van der Waals surface area contributed by atoms with Crippen molar-refractivity contribution in [2.24, 2.45) is 23.5 Å². The Morgan fingerprint density at radius 3 is 2.68 bits per heavy atom. The molecule has 1 aromatic rings. The molecule has 5 atom stereocenters. The number of fused-ring (bicyclic) bond motifs is 1. The highest BCUT2D eigenvalue weighted by molar-refractivity contribution is 5.83. The molecule has 5 unspecified atom stereocenters. The van der Waals surface area contributed by atoms with E-state index in [1.165, 1.54) is 12.1 Å². The molecule has 1 aromatic carbocycles. The molecule has 3 aliphatic rings. The number of ether oxygens (including phenoxy) is 1. The molecule has 4 nitrogen and oxygen atoms in total. The van der Waals surface area contributed by atoms with E-state index in [4.69, 9.17) is 5.73 Å². The van der Waals surface area contributed by atoms with E-state index in [2.05, 4.69) is 4.74 Å². The number of alkyl halides is 3. The van der Waals surface area contributed by atoms with Crippen molar-refractivity contribution in [1.82, 2.24) is 4.90 Å². The Morgan fingerprint density at radius 1 is 1.20 bits per heavy atom. The summed E-state index contributed by atoms with van der Waals surface area (Å²) in [5, 5.41) is 0. The second-order valence-electron chi connectivity index (χ2n) is 7.44. The predicted octanol–water partition coefficient (Wildman–Crippen LogP) is 2.88. The highest BCUT2D eigenvalue weighted by atomic mass is 19.4. The van der Waals surface area contributed by atoms with Gasteiger partial charge in [0.25, 0.3) is 0 Å². The van der Waals surface area contributed by atoms with Crippen LogP contribution in [-0.2, 0) is 4.79 Å². The van der Waals surface area contributed by atoms with Crippen LogP contribution >= 0.6 is 0 Å². The predicted molar refractivity (Wildman–Crippen MR) is 84.7 cm³/mol. The van der Waals surface area contributed by atoms with Crippen LogP contribution in [0.5, 0.6) is 5.75 Å². The van der Waals surface area contributed by atoms with Crippen molar-refractivity contribution in [2.75, 3.05) is 13.1 Å². The number of hydrogen-bond acceptors (Lipinski definition) is 3. The lowest BCUT2D eigenvalue weighted by Crippen LogP contribution is -2.34. The minimum Gasteiger partial charge on any atom is -0.405 e. The smallest absolute Gasteiger partial charge is 0.405 e. The lowest BCUT2D eigenvalue weighted by molar-refractivity contribution is -0.274. The highest BCUT2D eigenvalue weighted by Crippen LogP contribution is 2.52. The maximum Gasteiger partial charge on any atom is 0.573 e. The van der Waals surface area contributed by atoms with Gasteiger partial charge in [-0.1, -0.05) is 18.2 Å². The Kier molecular flexibility index (Phi) is 3.94. The monoisotopic (exact) mass is 354 g/mol. The first-order valence-electron chi connectivity index (χ1n) is 8.72. The number of benzene rings is 1. The van der Waals surface area contributed by atoms with Gasteiger partial charge in [-0.15, -0.1) is 13.2 Å². The van der Waals surface area contributed by atoms with Crippen LogP contribution in [0.15, 0.2) is 24.3 Å². The summed E-state index contributed by atoms with van der Waals surface area (Å²) in [7, 11) is 0. The van der Waals surface area contributed by atoms with E-state index >= 15 is 0 Å². The summed E-state index contributed by atoms with van der Waals surface area (Å²) in [6.45, 7) is 1.43. The first-order valence-corrected chi connectivity index (χ1v) is 8.72. The van der Waals surface area contributed by atoms with Gasteiger partial charge in [-0.25, -0.2) is 0 Å². The number of nitrogens with zero attached hydrogens (tertiary/aromatic N) is 1. The molecule has 7 heteroatoms. The summed E-state index contributed by atoms with van der Waals surface area (Å²) in [6.07, 6.45) is -2.07. The van der Waals surface area contributed by atoms with Gasteiger partial charge in [0.2, 0.25) is 5.91 Å². The maximum atomic E-state index is 12.7. The number of para-hydroxylation sites is 1. The fourth-order valence-corrected chi connectivity index (χ4v) is 4.54. The van der Waals surface area contributed by atoms with Crippen molar-refractivity contribution in [3.05, 3.63) is 29.8 Å². The molecule has 0 spiro atoms. The molecule has 3 fully saturated rings. The number of likely N-dealkylation sites (tertiary alicyclic amines) is 1. The number of rotatable bonds is 3. The summed E-state index contributed by atoms with van der Waals surface area (Å²) in [6, 6.07) is 6.28. The molecule has 0 aromatic heterocycles. The molecule has 1 amide bonds. The summed E-state index contributed by atoms with van der Waals surface area (Å²) >= 11 is 0. The van der Waals surface area contributed by atoms with Crippen molar-refractivity contribution >= 4 is 5.91 Å². The van der Waals surface area contributed by atoms with E-state index < -0.39 is 6.36 Å². The van der Waals surface area contributed by atoms with Gasteiger partial charge in [0.15, 0.2) is 0 Å². The number of carbonyl (C=O) groups is 1. The van der Waals surface area contributed by atoms with Gasteiger partial charge in [-0.05, 0) is 48.6 Å². The number of nitrogens with two attached hydrogens (primary N) is 1. The van der Waals surface area contributed by atoms with E-state index in [9.17, 15) is 18.0 Å². The third kappa shape index (κ3) is 3.21. The molecule has 2 N–H and O–H groups in total. The van der Waals surface area contributed by atoms with Crippen molar-refractivity contribution in [1.29, 1.82) is 0 Å². The van der Waals surface area contributed by atoms with Gasteiger partial charge < -0.3 is 15.4 Å². The van der Waals surface area contributed by atoms with Gasteiger partial charge in [0.05, 0.1) is 0 Å². The Labute approximate surface area is 144 Å². The molecular weight excluding hydrogens is 333 g/mol. The zero-order chi connectivity index (χ0) is 17.8. The average molecular weight is 354 g/mol. The molecule has 136 valence electrons. The SMILES string of the molecule is NC1CCC2CN(C(=O)C3CC3c3ccccc3OC(F)(F)F)CC12. The number of halogens is 3. The fourth-order valence-electron chi connectivity index (χ4n) is 4.54. The zero-order valence-electron chi connectivity index (χ0n) is 13.7. The molecule has 0 bridgehead atoms. The minimum absolute atomic E-state index is 0.0495. The molecule has 0 radical (unpaired) electrons. The Morgan fingerprint density at radius 2 is 1.96 bits per heavy atom. The van der Waals surface area contributed by atoms with E-state index in [0.29, 0.717) is 30.4 Å². The summed E-state index contributed by atoms with van der Waals surface area (Å²) in [5.41, 5.74) is 6.58. The van der Waals surface area contributed by atoms with Gasteiger partial charge in [0, 0.05) is 25.0 Å². The van der Waals surface area contributed by atoms with Gasteiger partial charge in [0.1, 0.15) is 5.75 Å². The van der Waals surface area contributed by atoms with Crippen LogP contribution in [0.25, 0.3) is 0 Å². The average Bonchev–Trinajstić information content (AvgIpc) is 3.09. The second-order valence-corrected chi connectivity index (χ2v) is 7.44. The third-order valence-electron chi connectivity index (χ3n) is 5.88. The van der Waals surface area contributed by atoms with Crippen molar-refractivity contribution in [3.63, 3.8) is 0 Å². The zero-order valence-corrected chi connectivity index (χ0v) is 13.7. The molecular formula is C18H21F3N2O2. The minimum atomic E-state index is -4.73. The van der Waals surface area contributed by atoms with Crippen LogP contribution < -0.4 is 10.5 Å². The van der Waals surface area contributed by atoms with Gasteiger partial charge in [-0.3, -0.25) is 4.79 Å². The summed E-state index contributed by atoms with van der Waals surface area (Å²) in [5.74, 6) is 0.274. The van der Waals surface area contributed by atoms with Crippen LogP contribution in [0.1, 0.15) is 30.7 Å². The second kappa shape index (κ2) is 5.90. The van der Waals surface area contributed by atoms with Crippen LogP contribution in [0.3, 0.4) is 0 Å². The summed E-state index contributed by atoms with van der Waals surface area (Å²) < 4.78 is 41.8. The third-order valence-corrected chi connectivity index (χ3v) is 5.88. The van der Waals surface area contributed by atoms with Crippen LogP contribution in [0, 0.1) is 17.8 Å². The highest BCUT2D eigenvalue weighted by Gasteiger charge is 2.51. The van der Waals surface area contributed by atoms with E-state index in [0.717, 1.165) is 19.4 Å². The molecule has 4 rings (SSSR count). The van der Waals surface area contributed by atoms with Crippen LogP contribution in [0.4, 0.5) is 13.2 Å². The Hall–Kier alpha value is -1.76. The van der Waals surface area contributed by atoms with Crippen LogP contribution in [0.2, 0.25) is 0 Å². The van der Waals surface area contributed by atoms with E-state index in [1.54, 1.807) is 12.1 Å². The number of hydrogen-bond donors (Lipinski definition) is 1.